The highest BCUT2D eigenvalue weighted by Crippen LogP contribution is 2.28. The fourth-order valence-corrected chi connectivity index (χ4v) is 4.42. The normalized spacial score (nSPS) is 15.0. The summed E-state index contributed by atoms with van der Waals surface area (Å²) in [5.74, 6) is -1.84. The molecule has 3 rings (SSSR count). The molecule has 0 aromatic heterocycles. The van der Waals surface area contributed by atoms with E-state index in [1.165, 1.54) is 34.6 Å². The average Bonchev–Trinajstić information content (AvgIpc) is 3.03. The fourth-order valence-electron chi connectivity index (χ4n) is 2.86. The lowest BCUT2D eigenvalue weighted by atomic mass is 10.1. The van der Waals surface area contributed by atoms with Crippen molar-refractivity contribution in [2.45, 2.75) is 13.3 Å². The molecule has 0 spiro atoms. The van der Waals surface area contributed by atoms with Gasteiger partial charge in [-0.3, -0.25) is 24.0 Å². The van der Waals surface area contributed by atoms with Gasteiger partial charge in [-0.15, -0.1) is 0 Å². The second kappa shape index (κ2) is 7.87. The summed E-state index contributed by atoms with van der Waals surface area (Å²) in [5, 5.41) is 15.5. The van der Waals surface area contributed by atoms with Gasteiger partial charge >= 0.3 is 11.8 Å². The predicted molar refractivity (Wildman–Crippen MR) is 107 cm³/mol. The van der Waals surface area contributed by atoms with E-state index < -0.39 is 26.8 Å². The Bertz CT molecular complexity index is 1080. The van der Waals surface area contributed by atoms with Gasteiger partial charge in [0.15, 0.2) is 0 Å². The highest BCUT2D eigenvalue weighted by molar-refractivity contribution is 7.93. The molecule has 0 radical (unpaired) electrons. The number of carbonyl (C=O) groups excluding carboxylic acids is 2. The zero-order valence-corrected chi connectivity index (χ0v) is 16.2. The van der Waals surface area contributed by atoms with E-state index in [0.29, 0.717) is 29.9 Å². The van der Waals surface area contributed by atoms with Gasteiger partial charge in [0.2, 0.25) is 10.0 Å². The van der Waals surface area contributed by atoms with Crippen LogP contribution in [0.15, 0.2) is 42.5 Å². The van der Waals surface area contributed by atoms with Gasteiger partial charge in [-0.2, -0.15) is 0 Å². The van der Waals surface area contributed by atoms with E-state index in [1.807, 2.05) is 0 Å². The number of nitrogens with one attached hydrogen (secondary N) is 2. The third kappa shape index (κ3) is 4.51. The van der Waals surface area contributed by atoms with Gasteiger partial charge in [0.05, 0.1) is 16.4 Å². The average molecular weight is 418 g/mol. The molecule has 0 aliphatic carbocycles. The van der Waals surface area contributed by atoms with E-state index in [9.17, 15) is 28.1 Å². The third-order valence-corrected chi connectivity index (χ3v) is 6.27. The summed E-state index contributed by atoms with van der Waals surface area (Å²) in [6, 6.07) is 9.85. The van der Waals surface area contributed by atoms with Crippen LogP contribution in [0.2, 0.25) is 0 Å². The van der Waals surface area contributed by atoms with Gasteiger partial charge in [0.1, 0.15) is 0 Å². The molecule has 1 aliphatic rings. The van der Waals surface area contributed by atoms with Gasteiger partial charge < -0.3 is 10.6 Å². The molecule has 2 N–H and O–H groups in total. The van der Waals surface area contributed by atoms with Crippen molar-refractivity contribution in [3.8, 4) is 0 Å². The second-order valence-corrected chi connectivity index (χ2v) is 8.47. The zero-order valence-electron chi connectivity index (χ0n) is 15.4. The van der Waals surface area contributed by atoms with Crippen LogP contribution in [-0.4, -0.2) is 37.5 Å². The molecule has 2 aromatic carbocycles. The third-order valence-electron chi connectivity index (χ3n) is 4.40. The lowest BCUT2D eigenvalue weighted by Crippen LogP contribution is -2.29. The number of non-ortho nitro benzene ring substituents is 1. The van der Waals surface area contributed by atoms with Crippen LogP contribution in [0, 0.1) is 17.0 Å². The Morgan fingerprint density at radius 1 is 1.07 bits per heavy atom. The lowest BCUT2D eigenvalue weighted by molar-refractivity contribution is -0.384. The molecule has 0 saturated carbocycles. The maximum Gasteiger partial charge on any atom is 0.314 e. The first-order valence-corrected chi connectivity index (χ1v) is 10.3. The number of nitro benzene ring substituents is 1. The second-order valence-electron chi connectivity index (χ2n) is 6.45. The van der Waals surface area contributed by atoms with Crippen LogP contribution in [0.25, 0.3) is 0 Å². The molecule has 11 heteroatoms. The number of nitrogens with zero attached hydrogens (tertiary/aromatic N) is 2. The summed E-state index contributed by atoms with van der Waals surface area (Å²) in [5.41, 5.74) is 1.47. The maximum absolute atomic E-state index is 12.2. The molecule has 2 aromatic rings. The van der Waals surface area contributed by atoms with Crippen molar-refractivity contribution in [1.29, 1.82) is 0 Å². The first-order valence-electron chi connectivity index (χ1n) is 8.65. The number of aryl methyl sites for hydroxylation is 1. The largest absolute Gasteiger partial charge is 0.318 e. The molecule has 0 bridgehead atoms. The smallest absolute Gasteiger partial charge is 0.314 e. The van der Waals surface area contributed by atoms with E-state index in [-0.39, 0.29) is 17.1 Å². The van der Waals surface area contributed by atoms with Crippen molar-refractivity contribution in [3.05, 3.63) is 58.1 Å². The summed E-state index contributed by atoms with van der Waals surface area (Å²) in [6.07, 6.45) is 0.523. The Morgan fingerprint density at radius 2 is 1.72 bits per heavy atom. The van der Waals surface area contributed by atoms with E-state index in [2.05, 4.69) is 10.6 Å². The van der Waals surface area contributed by atoms with E-state index in [4.69, 9.17) is 0 Å². The van der Waals surface area contributed by atoms with Crippen LogP contribution in [0.1, 0.15) is 12.0 Å². The van der Waals surface area contributed by atoms with Gasteiger partial charge in [0.25, 0.3) is 5.69 Å². The number of benzene rings is 2. The monoisotopic (exact) mass is 418 g/mol. The quantitative estimate of drug-likeness (QED) is 0.442. The van der Waals surface area contributed by atoms with Crippen LogP contribution in [-0.2, 0) is 19.6 Å². The molecule has 10 nitrogen and oxygen atoms in total. The standard InChI is InChI=1S/C18H18N4O6S/c1-12-3-6-15(21-9-2-10-29(21,27)28)11-16(12)20-18(24)17(23)19-13-4-7-14(8-5-13)22(25)26/h3-8,11H,2,9-10H2,1H3,(H,19,23)(H,20,24). The minimum Gasteiger partial charge on any atom is -0.318 e. The first-order chi connectivity index (χ1) is 13.7. The Balaban J connectivity index is 1.72. The summed E-state index contributed by atoms with van der Waals surface area (Å²) < 4.78 is 25.5. The highest BCUT2D eigenvalue weighted by Gasteiger charge is 2.29. The van der Waals surface area contributed by atoms with Crippen molar-refractivity contribution in [2.75, 3.05) is 27.2 Å². The Morgan fingerprint density at radius 3 is 2.31 bits per heavy atom. The molecule has 1 saturated heterocycles. The van der Waals surface area contributed by atoms with Crippen molar-refractivity contribution in [1.82, 2.24) is 0 Å². The molecule has 2 amide bonds. The predicted octanol–water partition coefficient (Wildman–Crippen LogP) is 2.02. The molecular weight excluding hydrogens is 400 g/mol. The Labute approximate surface area is 166 Å². The molecule has 1 aliphatic heterocycles. The van der Waals surface area contributed by atoms with Gasteiger partial charge in [-0.1, -0.05) is 6.07 Å². The SMILES string of the molecule is Cc1ccc(N2CCCS2(=O)=O)cc1NC(=O)C(=O)Nc1ccc([N+](=O)[O-])cc1. The minimum absolute atomic E-state index is 0.0697. The number of hydrogen-bond acceptors (Lipinski definition) is 6. The van der Waals surface area contributed by atoms with Crippen LogP contribution in [0.5, 0.6) is 0 Å². The van der Waals surface area contributed by atoms with Crippen LogP contribution < -0.4 is 14.9 Å². The number of anilines is 3. The van der Waals surface area contributed by atoms with Crippen molar-refractivity contribution < 1.29 is 22.9 Å². The molecule has 0 unspecified atom stereocenters. The van der Waals surface area contributed by atoms with Crippen molar-refractivity contribution in [2.24, 2.45) is 0 Å². The number of rotatable bonds is 4. The number of nitro groups is 1. The van der Waals surface area contributed by atoms with E-state index >= 15 is 0 Å². The topological polar surface area (TPSA) is 139 Å². The molecule has 0 atom stereocenters. The molecule has 29 heavy (non-hydrogen) atoms. The van der Waals surface area contributed by atoms with Crippen LogP contribution in [0.4, 0.5) is 22.7 Å². The maximum atomic E-state index is 12.2. The summed E-state index contributed by atoms with van der Waals surface area (Å²) >= 11 is 0. The number of hydrogen-bond donors (Lipinski definition) is 2. The Kier molecular flexibility index (Phi) is 5.50. The van der Waals surface area contributed by atoms with E-state index in [1.54, 1.807) is 19.1 Å². The number of sulfonamides is 1. The minimum atomic E-state index is -3.37. The first kappa shape index (κ1) is 20.3. The molecular formula is C18H18N4O6S. The molecule has 1 fully saturated rings. The van der Waals surface area contributed by atoms with Crippen LogP contribution in [0.3, 0.4) is 0 Å². The van der Waals surface area contributed by atoms with Gasteiger partial charge in [-0.25, -0.2) is 8.42 Å². The molecule has 1 heterocycles. The number of carbonyl (C=O) groups is 2. The van der Waals surface area contributed by atoms with Crippen LogP contribution >= 0.6 is 0 Å². The summed E-state index contributed by atoms with van der Waals surface area (Å²) in [4.78, 5) is 34.4. The fraction of sp³-hybridized carbons (Fsp3) is 0.222. The highest BCUT2D eigenvalue weighted by atomic mass is 32.2. The van der Waals surface area contributed by atoms with Crippen molar-refractivity contribution in [3.63, 3.8) is 0 Å². The summed E-state index contributed by atoms with van der Waals surface area (Å²) in [7, 11) is -3.37. The zero-order chi connectivity index (χ0) is 21.2. The van der Waals surface area contributed by atoms with Gasteiger partial charge in [0, 0.05) is 30.1 Å². The Hall–Kier alpha value is -3.47. The lowest BCUT2D eigenvalue weighted by Gasteiger charge is -2.19. The van der Waals surface area contributed by atoms with Gasteiger partial charge in [-0.05, 0) is 43.2 Å². The van der Waals surface area contributed by atoms with E-state index in [0.717, 1.165) is 0 Å². The summed E-state index contributed by atoms with van der Waals surface area (Å²) in [6.45, 7) is 2.07. The van der Waals surface area contributed by atoms with Crippen molar-refractivity contribution >= 4 is 44.6 Å². The number of amides is 2. The molecule has 152 valence electrons.